The van der Waals surface area contributed by atoms with Crippen LogP contribution in [0.2, 0.25) is 0 Å². The van der Waals surface area contributed by atoms with Gasteiger partial charge in [-0.2, -0.15) is 5.10 Å². The van der Waals surface area contributed by atoms with E-state index in [0.29, 0.717) is 27.0 Å². The van der Waals surface area contributed by atoms with E-state index in [0.717, 1.165) is 16.9 Å². The summed E-state index contributed by atoms with van der Waals surface area (Å²) in [5.74, 6) is -0.361. The average molecular weight is 425 g/mol. The lowest BCUT2D eigenvalue weighted by Crippen LogP contribution is -2.19. The predicted octanol–water partition coefficient (Wildman–Crippen LogP) is 2.51. The number of carbonyl (C=O) groups is 2. The van der Waals surface area contributed by atoms with Gasteiger partial charge in [0.25, 0.3) is 5.91 Å². The average Bonchev–Trinajstić information content (AvgIpc) is 3.16. The highest BCUT2D eigenvalue weighted by Crippen LogP contribution is 2.25. The highest BCUT2D eigenvalue weighted by Gasteiger charge is 2.12. The lowest BCUT2D eigenvalue weighted by Gasteiger charge is -2.03. The monoisotopic (exact) mass is 425 g/mol. The highest BCUT2D eigenvalue weighted by molar-refractivity contribution is 7.15. The van der Waals surface area contributed by atoms with E-state index < -0.39 is 0 Å². The Hall–Kier alpha value is -3.79. The van der Waals surface area contributed by atoms with Gasteiger partial charge in [-0.3, -0.25) is 14.9 Å². The number of anilines is 1. The topological polar surface area (TPSA) is 126 Å². The molecule has 0 unspecified atom stereocenters. The number of nitrogens with zero attached hydrogens (tertiary/aromatic N) is 3. The molecule has 0 saturated heterocycles. The number of hydrogen-bond donors (Lipinski definition) is 3. The number of benzene rings is 2. The molecule has 0 aliphatic carbocycles. The van der Waals surface area contributed by atoms with Crippen LogP contribution in [0, 0.1) is 6.92 Å². The van der Waals surface area contributed by atoms with Crippen molar-refractivity contribution < 1.29 is 19.4 Å². The molecule has 0 bridgehead atoms. The Kier molecular flexibility index (Phi) is 6.71. The molecule has 1 aromatic heterocycles. The van der Waals surface area contributed by atoms with E-state index in [2.05, 4.69) is 26.0 Å². The fraction of sp³-hybridized carbons (Fsp3) is 0.150. The predicted molar refractivity (Wildman–Crippen MR) is 113 cm³/mol. The lowest BCUT2D eigenvalue weighted by atomic mass is 10.1. The van der Waals surface area contributed by atoms with Crippen LogP contribution in [-0.4, -0.2) is 40.4 Å². The smallest absolute Gasteiger partial charge is 0.257 e. The molecular weight excluding hydrogens is 406 g/mol. The molecule has 0 fully saturated rings. The van der Waals surface area contributed by atoms with Crippen molar-refractivity contribution in [3.63, 3.8) is 0 Å². The quantitative estimate of drug-likeness (QED) is 0.394. The van der Waals surface area contributed by atoms with E-state index in [1.54, 1.807) is 24.3 Å². The summed E-state index contributed by atoms with van der Waals surface area (Å²) in [6.07, 6.45) is 1.39. The van der Waals surface area contributed by atoms with E-state index in [9.17, 15) is 14.7 Å². The van der Waals surface area contributed by atoms with Gasteiger partial charge in [-0.05, 0) is 42.8 Å². The maximum Gasteiger partial charge on any atom is 0.257 e. The van der Waals surface area contributed by atoms with Crippen molar-refractivity contribution in [1.29, 1.82) is 0 Å². The largest absolute Gasteiger partial charge is 0.504 e. The molecule has 3 N–H and O–H groups in total. The van der Waals surface area contributed by atoms with Gasteiger partial charge >= 0.3 is 0 Å². The Morgan fingerprint density at radius 3 is 2.70 bits per heavy atom. The fourth-order valence-electron chi connectivity index (χ4n) is 2.38. The summed E-state index contributed by atoms with van der Waals surface area (Å²) >= 11 is 1.11. The molecule has 0 aliphatic rings. The molecule has 10 heteroatoms. The zero-order chi connectivity index (χ0) is 21.5. The third-order valence-electron chi connectivity index (χ3n) is 3.92. The minimum atomic E-state index is -0.385. The van der Waals surface area contributed by atoms with Gasteiger partial charge in [-0.15, -0.1) is 10.2 Å². The molecule has 0 spiro atoms. The van der Waals surface area contributed by atoms with E-state index in [-0.39, 0.29) is 24.0 Å². The molecule has 3 aromatic rings. The Morgan fingerprint density at radius 2 is 1.97 bits per heavy atom. The van der Waals surface area contributed by atoms with Crippen LogP contribution in [0.4, 0.5) is 5.13 Å². The minimum absolute atomic E-state index is 0.0141. The molecule has 9 nitrogen and oxygen atoms in total. The van der Waals surface area contributed by atoms with Crippen molar-refractivity contribution >= 4 is 34.5 Å². The van der Waals surface area contributed by atoms with E-state index in [1.165, 1.54) is 19.4 Å². The number of phenolic OH excluding ortho intramolecular Hbond substituents is 1. The highest BCUT2D eigenvalue weighted by atomic mass is 32.1. The van der Waals surface area contributed by atoms with Gasteiger partial charge in [-0.1, -0.05) is 29.0 Å². The first-order valence-electron chi connectivity index (χ1n) is 8.84. The Bertz CT molecular complexity index is 1080. The van der Waals surface area contributed by atoms with Crippen molar-refractivity contribution in [2.75, 3.05) is 12.4 Å². The van der Waals surface area contributed by atoms with Crippen LogP contribution in [0.15, 0.2) is 47.6 Å². The SMILES string of the molecule is COc1cc(/C=N\NC(=O)Cc2nnc(NC(=O)c3ccc(C)cc3)s2)ccc1O. The molecule has 2 amide bonds. The summed E-state index contributed by atoms with van der Waals surface area (Å²) < 4.78 is 5.01. The summed E-state index contributed by atoms with van der Waals surface area (Å²) in [4.78, 5) is 24.2. The number of aromatic hydroxyl groups is 1. The van der Waals surface area contributed by atoms with Crippen molar-refractivity contribution in [3.8, 4) is 11.5 Å². The fourth-order valence-corrected chi connectivity index (χ4v) is 3.11. The Labute approximate surface area is 176 Å². The summed E-state index contributed by atoms with van der Waals surface area (Å²) in [7, 11) is 1.44. The third-order valence-corrected chi connectivity index (χ3v) is 4.76. The van der Waals surface area contributed by atoms with Crippen LogP contribution in [0.3, 0.4) is 0 Å². The van der Waals surface area contributed by atoms with Crippen LogP contribution < -0.4 is 15.5 Å². The van der Waals surface area contributed by atoms with Crippen molar-refractivity contribution in [2.45, 2.75) is 13.3 Å². The molecule has 1 heterocycles. The summed E-state index contributed by atoms with van der Waals surface area (Å²) in [5.41, 5.74) is 4.60. The van der Waals surface area contributed by atoms with Gasteiger partial charge in [0, 0.05) is 5.56 Å². The van der Waals surface area contributed by atoms with Crippen molar-refractivity contribution in [1.82, 2.24) is 15.6 Å². The molecule has 0 aliphatic heterocycles. The van der Waals surface area contributed by atoms with Crippen LogP contribution in [-0.2, 0) is 11.2 Å². The number of carbonyl (C=O) groups excluding carboxylic acids is 2. The number of hydrazone groups is 1. The van der Waals surface area contributed by atoms with Crippen molar-refractivity contribution in [2.24, 2.45) is 5.10 Å². The lowest BCUT2D eigenvalue weighted by molar-refractivity contribution is -0.120. The van der Waals surface area contributed by atoms with Gasteiger partial charge in [0.15, 0.2) is 11.5 Å². The summed E-state index contributed by atoms with van der Waals surface area (Å²) in [5, 5.41) is 24.6. The number of hydrogen-bond acceptors (Lipinski definition) is 8. The number of amides is 2. The molecule has 3 rings (SSSR count). The summed E-state index contributed by atoms with van der Waals surface area (Å²) in [6, 6.07) is 11.8. The Balaban J connectivity index is 1.52. The number of rotatable bonds is 7. The number of aromatic nitrogens is 2. The zero-order valence-electron chi connectivity index (χ0n) is 16.2. The first kappa shape index (κ1) is 20.9. The molecule has 0 radical (unpaired) electrons. The second-order valence-electron chi connectivity index (χ2n) is 6.22. The normalized spacial score (nSPS) is 10.7. The standard InChI is InChI=1S/C20H19N5O4S/c1-12-3-6-14(7-4-12)19(28)22-20-25-24-18(30-20)10-17(27)23-21-11-13-5-8-15(26)16(9-13)29-2/h3-9,11,26H,10H2,1-2H3,(H,23,27)(H,22,25,28)/b21-11-. The van der Waals surface area contributed by atoms with Crippen LogP contribution in [0.25, 0.3) is 0 Å². The minimum Gasteiger partial charge on any atom is -0.504 e. The first-order chi connectivity index (χ1) is 14.4. The first-order valence-corrected chi connectivity index (χ1v) is 9.65. The van der Waals surface area contributed by atoms with Gasteiger partial charge < -0.3 is 9.84 Å². The molecular formula is C20H19N5O4S. The molecule has 0 saturated carbocycles. The number of phenols is 1. The van der Waals surface area contributed by atoms with E-state index >= 15 is 0 Å². The maximum atomic E-state index is 12.2. The number of nitrogens with one attached hydrogen (secondary N) is 2. The number of ether oxygens (including phenoxy) is 1. The van der Waals surface area contributed by atoms with Gasteiger partial charge in [0.1, 0.15) is 5.01 Å². The Morgan fingerprint density at radius 1 is 1.20 bits per heavy atom. The number of aryl methyl sites for hydroxylation is 1. The molecule has 2 aromatic carbocycles. The van der Waals surface area contributed by atoms with Gasteiger partial charge in [0.2, 0.25) is 11.0 Å². The van der Waals surface area contributed by atoms with Gasteiger partial charge in [0.05, 0.1) is 19.7 Å². The molecule has 154 valence electrons. The van der Waals surface area contributed by atoms with Crippen molar-refractivity contribution in [3.05, 3.63) is 64.2 Å². The van der Waals surface area contributed by atoms with E-state index in [1.807, 2.05) is 19.1 Å². The molecule has 0 atom stereocenters. The second-order valence-corrected chi connectivity index (χ2v) is 7.28. The van der Waals surface area contributed by atoms with Gasteiger partial charge in [-0.25, -0.2) is 5.43 Å². The maximum absolute atomic E-state index is 12.2. The third kappa shape index (κ3) is 5.61. The second kappa shape index (κ2) is 9.61. The van der Waals surface area contributed by atoms with Crippen LogP contribution >= 0.6 is 11.3 Å². The van der Waals surface area contributed by atoms with E-state index in [4.69, 9.17) is 4.74 Å². The number of methoxy groups -OCH3 is 1. The van der Waals surface area contributed by atoms with Crippen LogP contribution in [0.1, 0.15) is 26.5 Å². The van der Waals surface area contributed by atoms with Crippen LogP contribution in [0.5, 0.6) is 11.5 Å². The zero-order valence-corrected chi connectivity index (χ0v) is 17.1. The summed E-state index contributed by atoms with van der Waals surface area (Å²) in [6.45, 7) is 1.94. The molecule has 30 heavy (non-hydrogen) atoms.